The van der Waals surface area contributed by atoms with Crippen molar-refractivity contribution in [3.63, 3.8) is 0 Å². The van der Waals surface area contributed by atoms with Gasteiger partial charge in [0.15, 0.2) is 5.75 Å². The molecule has 4 aromatic rings. The maximum Gasteiger partial charge on any atom is 0.238 e. The van der Waals surface area contributed by atoms with E-state index in [1.165, 1.54) is 0 Å². The van der Waals surface area contributed by atoms with Crippen LogP contribution in [-0.4, -0.2) is 17.6 Å². The predicted octanol–water partition coefficient (Wildman–Crippen LogP) is 5.50. The first-order valence-electron chi connectivity index (χ1n) is 10.4. The van der Waals surface area contributed by atoms with E-state index in [4.69, 9.17) is 4.74 Å². The number of rotatable bonds is 8. The van der Waals surface area contributed by atoms with Gasteiger partial charge in [-0.1, -0.05) is 72.8 Å². The van der Waals surface area contributed by atoms with Gasteiger partial charge in [0, 0.05) is 0 Å². The molecule has 3 N–H and O–H groups in total. The smallest absolute Gasteiger partial charge is 0.238 e. The minimum Gasteiger partial charge on any atom is -0.508 e. The molecule has 0 fully saturated rings. The third-order valence-electron chi connectivity index (χ3n) is 4.96. The van der Waals surface area contributed by atoms with Crippen molar-refractivity contribution in [2.75, 3.05) is 11.9 Å². The Morgan fingerprint density at radius 2 is 1.34 bits per heavy atom. The normalized spacial score (nSPS) is 11.5. The van der Waals surface area contributed by atoms with Gasteiger partial charge in [-0.2, -0.15) is 0 Å². The maximum absolute atomic E-state index is 12.8. The van der Waals surface area contributed by atoms with Crippen LogP contribution in [-0.2, 0) is 4.79 Å². The molecule has 0 spiro atoms. The Hall–Kier alpha value is -4.09. The fourth-order valence-electron chi connectivity index (χ4n) is 3.40. The van der Waals surface area contributed by atoms with Crippen LogP contribution in [0, 0.1) is 0 Å². The molecule has 0 aliphatic heterocycles. The first-order valence-corrected chi connectivity index (χ1v) is 10.4. The molecule has 1 atom stereocenters. The molecule has 0 radical (unpaired) electrons. The number of para-hydroxylation sites is 3. The fraction of sp³-hybridized carbons (Fsp3) is 0.0741. The van der Waals surface area contributed by atoms with Gasteiger partial charge in [-0.25, -0.2) is 0 Å². The number of phenols is 1. The molecule has 1 amide bonds. The number of hydrogen-bond acceptors (Lipinski definition) is 4. The highest BCUT2D eigenvalue weighted by Crippen LogP contribution is 2.29. The topological polar surface area (TPSA) is 70.6 Å². The maximum atomic E-state index is 12.8. The molecule has 0 aliphatic carbocycles. The van der Waals surface area contributed by atoms with Crippen LogP contribution >= 0.6 is 0 Å². The number of phenolic OH excluding ortho intramolecular Hbond substituents is 1. The van der Waals surface area contributed by atoms with Crippen molar-refractivity contribution in [2.24, 2.45) is 0 Å². The van der Waals surface area contributed by atoms with E-state index in [1.54, 1.807) is 12.1 Å². The summed E-state index contributed by atoms with van der Waals surface area (Å²) in [4.78, 5) is 12.8. The molecule has 4 rings (SSSR count). The SMILES string of the molecule is O=C(CN[C@H](c1ccccc1)c1ccc(O)cc1)Nc1ccccc1Oc1ccccc1. The van der Waals surface area contributed by atoms with Gasteiger partial charge >= 0.3 is 0 Å². The lowest BCUT2D eigenvalue weighted by Gasteiger charge is -2.20. The molecular weight excluding hydrogens is 400 g/mol. The van der Waals surface area contributed by atoms with Crippen molar-refractivity contribution in [1.82, 2.24) is 5.32 Å². The summed E-state index contributed by atoms with van der Waals surface area (Å²) in [7, 11) is 0. The summed E-state index contributed by atoms with van der Waals surface area (Å²) >= 11 is 0. The van der Waals surface area contributed by atoms with Crippen molar-refractivity contribution in [3.05, 3.63) is 120 Å². The number of hydrogen-bond donors (Lipinski definition) is 3. The van der Waals surface area contributed by atoms with E-state index in [0.717, 1.165) is 11.1 Å². The lowest BCUT2D eigenvalue weighted by atomic mass is 9.98. The minimum absolute atomic E-state index is 0.0973. The average Bonchev–Trinajstić information content (AvgIpc) is 2.83. The molecule has 0 saturated carbocycles. The quantitative estimate of drug-likeness (QED) is 0.349. The first kappa shape index (κ1) is 21.2. The van der Waals surface area contributed by atoms with Crippen LogP contribution in [0.4, 0.5) is 5.69 Å². The van der Waals surface area contributed by atoms with E-state index in [1.807, 2.05) is 97.1 Å². The molecule has 5 nitrogen and oxygen atoms in total. The van der Waals surface area contributed by atoms with Gasteiger partial charge in [-0.05, 0) is 47.5 Å². The summed E-state index contributed by atoms with van der Waals surface area (Å²) in [5.74, 6) is 1.29. The van der Waals surface area contributed by atoms with Crippen molar-refractivity contribution in [2.45, 2.75) is 6.04 Å². The lowest BCUT2D eigenvalue weighted by molar-refractivity contribution is -0.115. The Labute approximate surface area is 187 Å². The molecule has 0 aromatic heterocycles. The third-order valence-corrected chi connectivity index (χ3v) is 4.96. The van der Waals surface area contributed by atoms with E-state index < -0.39 is 0 Å². The molecule has 5 heteroatoms. The number of ether oxygens (including phenoxy) is 1. The summed E-state index contributed by atoms with van der Waals surface area (Å²) < 4.78 is 5.93. The zero-order chi connectivity index (χ0) is 22.2. The number of aromatic hydroxyl groups is 1. The third kappa shape index (κ3) is 5.53. The van der Waals surface area contributed by atoms with Crippen LogP contribution in [0.3, 0.4) is 0 Å². The van der Waals surface area contributed by atoms with Crippen LogP contribution < -0.4 is 15.4 Å². The molecular formula is C27H24N2O3. The summed E-state index contributed by atoms with van der Waals surface area (Å²) in [5, 5.41) is 15.9. The molecule has 0 saturated heterocycles. The van der Waals surface area contributed by atoms with Crippen molar-refractivity contribution in [1.29, 1.82) is 0 Å². The van der Waals surface area contributed by atoms with Crippen LogP contribution in [0.15, 0.2) is 109 Å². The molecule has 0 bridgehead atoms. The van der Waals surface area contributed by atoms with Gasteiger partial charge in [0.1, 0.15) is 11.5 Å². The van der Waals surface area contributed by atoms with E-state index in [-0.39, 0.29) is 24.2 Å². The van der Waals surface area contributed by atoms with Gasteiger partial charge in [0.2, 0.25) is 5.91 Å². The molecule has 0 heterocycles. The second-order valence-electron chi connectivity index (χ2n) is 7.28. The monoisotopic (exact) mass is 424 g/mol. The minimum atomic E-state index is -0.196. The number of amides is 1. The fourth-order valence-corrected chi connectivity index (χ4v) is 3.40. The number of nitrogens with one attached hydrogen (secondary N) is 2. The molecule has 32 heavy (non-hydrogen) atoms. The van der Waals surface area contributed by atoms with Gasteiger partial charge in [-0.15, -0.1) is 0 Å². The summed E-state index contributed by atoms with van der Waals surface area (Å²) in [6.45, 7) is 0.0973. The van der Waals surface area contributed by atoms with Crippen LogP contribution in [0.2, 0.25) is 0 Å². The highest BCUT2D eigenvalue weighted by atomic mass is 16.5. The average molecular weight is 425 g/mol. The van der Waals surface area contributed by atoms with Crippen molar-refractivity contribution >= 4 is 11.6 Å². The van der Waals surface area contributed by atoms with E-state index >= 15 is 0 Å². The molecule has 0 aliphatic rings. The number of carbonyl (C=O) groups is 1. The van der Waals surface area contributed by atoms with E-state index in [9.17, 15) is 9.90 Å². The first-order chi connectivity index (χ1) is 15.7. The van der Waals surface area contributed by atoms with Crippen LogP contribution in [0.25, 0.3) is 0 Å². The zero-order valence-corrected chi connectivity index (χ0v) is 17.4. The number of benzene rings is 4. The molecule has 4 aromatic carbocycles. The Kier molecular flexibility index (Phi) is 6.80. The molecule has 0 unspecified atom stereocenters. The van der Waals surface area contributed by atoms with E-state index in [0.29, 0.717) is 17.2 Å². The second kappa shape index (κ2) is 10.3. The van der Waals surface area contributed by atoms with E-state index in [2.05, 4.69) is 10.6 Å². The Balaban J connectivity index is 1.46. The van der Waals surface area contributed by atoms with Gasteiger partial charge in [-0.3, -0.25) is 10.1 Å². The van der Waals surface area contributed by atoms with Crippen LogP contribution in [0.1, 0.15) is 17.2 Å². The van der Waals surface area contributed by atoms with Crippen LogP contribution in [0.5, 0.6) is 17.2 Å². The van der Waals surface area contributed by atoms with Gasteiger partial charge < -0.3 is 15.2 Å². The molecule has 160 valence electrons. The Bertz CT molecular complexity index is 1150. The zero-order valence-electron chi connectivity index (χ0n) is 17.4. The standard InChI is InChI=1S/C27H24N2O3/c30-22-17-15-21(16-18-22)27(20-9-3-1-4-10-20)28-19-26(31)29-24-13-7-8-14-25(24)32-23-11-5-2-6-12-23/h1-18,27-28,30H,19H2,(H,29,31)/t27-/m1/s1. The number of anilines is 1. The second-order valence-corrected chi connectivity index (χ2v) is 7.28. The summed E-state index contributed by atoms with van der Waals surface area (Å²) in [6, 6.07) is 33.5. The summed E-state index contributed by atoms with van der Waals surface area (Å²) in [6.07, 6.45) is 0. The summed E-state index contributed by atoms with van der Waals surface area (Å²) in [5.41, 5.74) is 2.58. The Morgan fingerprint density at radius 1 is 0.750 bits per heavy atom. The number of carbonyl (C=O) groups excluding carboxylic acids is 1. The van der Waals surface area contributed by atoms with Crippen molar-refractivity contribution in [3.8, 4) is 17.2 Å². The Morgan fingerprint density at radius 3 is 2.06 bits per heavy atom. The van der Waals surface area contributed by atoms with Gasteiger partial charge in [0.25, 0.3) is 0 Å². The highest BCUT2D eigenvalue weighted by molar-refractivity contribution is 5.93. The largest absolute Gasteiger partial charge is 0.508 e. The lowest BCUT2D eigenvalue weighted by Crippen LogP contribution is -2.32. The highest BCUT2D eigenvalue weighted by Gasteiger charge is 2.16. The van der Waals surface area contributed by atoms with Gasteiger partial charge in [0.05, 0.1) is 18.3 Å². The van der Waals surface area contributed by atoms with Crippen molar-refractivity contribution < 1.29 is 14.6 Å². The predicted molar refractivity (Wildman–Crippen MR) is 126 cm³/mol.